The molecule has 0 bridgehead atoms. The zero-order chi connectivity index (χ0) is 20.2. The standard InChI is InChI=1S/C23H30ClN3O2/c1-29-23-7-3-2-6-21(23)27-13-11-26(12-14-27)20-5-4-10-25(17-20)16-18-15-19(24)8-9-22(18)28/h2-3,6-9,15,20,28H,4-5,10-14,16-17H2,1H3. The maximum absolute atomic E-state index is 10.1. The first kappa shape index (κ1) is 20.3. The predicted molar refractivity (Wildman–Crippen MR) is 118 cm³/mol. The van der Waals surface area contributed by atoms with Crippen LogP contribution in [0.5, 0.6) is 11.5 Å². The number of hydrogen-bond acceptors (Lipinski definition) is 5. The Bertz CT molecular complexity index is 824. The Morgan fingerprint density at radius 2 is 1.86 bits per heavy atom. The molecule has 1 atom stereocenters. The van der Waals surface area contributed by atoms with Crippen LogP contribution in [0.1, 0.15) is 18.4 Å². The van der Waals surface area contributed by atoms with Gasteiger partial charge in [-0.3, -0.25) is 9.80 Å². The molecular formula is C23H30ClN3O2. The Labute approximate surface area is 178 Å². The molecule has 29 heavy (non-hydrogen) atoms. The molecule has 5 nitrogen and oxygen atoms in total. The first-order valence-corrected chi connectivity index (χ1v) is 10.8. The maximum atomic E-state index is 10.1. The van der Waals surface area contributed by atoms with Crippen LogP contribution in [-0.2, 0) is 6.54 Å². The highest BCUT2D eigenvalue weighted by atomic mass is 35.5. The second-order valence-electron chi connectivity index (χ2n) is 8.00. The summed E-state index contributed by atoms with van der Waals surface area (Å²) in [7, 11) is 1.74. The van der Waals surface area contributed by atoms with E-state index in [4.69, 9.17) is 16.3 Å². The van der Waals surface area contributed by atoms with Crippen LogP contribution in [0.2, 0.25) is 5.02 Å². The van der Waals surface area contributed by atoms with Crippen LogP contribution < -0.4 is 9.64 Å². The number of piperidine rings is 1. The van der Waals surface area contributed by atoms with Crippen molar-refractivity contribution in [2.24, 2.45) is 0 Å². The monoisotopic (exact) mass is 415 g/mol. The summed E-state index contributed by atoms with van der Waals surface area (Å²) in [5.74, 6) is 1.29. The molecule has 4 rings (SSSR count). The Hall–Kier alpha value is -1.95. The van der Waals surface area contributed by atoms with Gasteiger partial charge in [-0.15, -0.1) is 0 Å². The number of rotatable bonds is 5. The van der Waals surface area contributed by atoms with Crippen molar-refractivity contribution in [3.05, 3.63) is 53.1 Å². The number of para-hydroxylation sites is 2. The van der Waals surface area contributed by atoms with Crippen molar-refractivity contribution in [3.8, 4) is 11.5 Å². The quantitative estimate of drug-likeness (QED) is 0.803. The highest BCUT2D eigenvalue weighted by molar-refractivity contribution is 6.30. The van der Waals surface area contributed by atoms with Crippen LogP contribution in [-0.4, -0.2) is 67.3 Å². The summed E-state index contributed by atoms with van der Waals surface area (Å²) >= 11 is 6.12. The zero-order valence-corrected chi connectivity index (χ0v) is 17.8. The van der Waals surface area contributed by atoms with Gasteiger partial charge in [-0.1, -0.05) is 23.7 Å². The van der Waals surface area contributed by atoms with E-state index < -0.39 is 0 Å². The molecular weight excluding hydrogens is 386 g/mol. The highest BCUT2D eigenvalue weighted by Crippen LogP contribution is 2.30. The number of likely N-dealkylation sites (tertiary alicyclic amines) is 1. The largest absolute Gasteiger partial charge is 0.508 e. The third-order valence-corrected chi connectivity index (χ3v) is 6.41. The van der Waals surface area contributed by atoms with Gasteiger partial charge in [-0.25, -0.2) is 0 Å². The van der Waals surface area contributed by atoms with E-state index in [0.29, 0.717) is 16.8 Å². The number of piperazine rings is 1. The normalized spacial score (nSPS) is 21.3. The van der Waals surface area contributed by atoms with Crippen molar-refractivity contribution in [2.45, 2.75) is 25.4 Å². The fraction of sp³-hybridized carbons (Fsp3) is 0.478. The Morgan fingerprint density at radius 3 is 2.66 bits per heavy atom. The third-order valence-electron chi connectivity index (χ3n) is 6.17. The first-order chi connectivity index (χ1) is 14.1. The number of benzene rings is 2. The van der Waals surface area contributed by atoms with Gasteiger partial charge in [0.25, 0.3) is 0 Å². The number of hydrogen-bond donors (Lipinski definition) is 1. The lowest BCUT2D eigenvalue weighted by molar-refractivity contribution is 0.0883. The van der Waals surface area contributed by atoms with Crippen molar-refractivity contribution in [3.63, 3.8) is 0 Å². The van der Waals surface area contributed by atoms with Crippen molar-refractivity contribution < 1.29 is 9.84 Å². The van der Waals surface area contributed by atoms with E-state index in [1.807, 2.05) is 18.2 Å². The Morgan fingerprint density at radius 1 is 1.07 bits per heavy atom. The molecule has 0 amide bonds. The van der Waals surface area contributed by atoms with E-state index in [0.717, 1.165) is 57.1 Å². The van der Waals surface area contributed by atoms with E-state index in [9.17, 15) is 5.11 Å². The molecule has 2 heterocycles. The fourth-order valence-electron chi connectivity index (χ4n) is 4.61. The van der Waals surface area contributed by atoms with Gasteiger partial charge in [0.1, 0.15) is 11.5 Å². The van der Waals surface area contributed by atoms with Crippen LogP contribution in [0.25, 0.3) is 0 Å². The summed E-state index contributed by atoms with van der Waals surface area (Å²) in [4.78, 5) is 7.52. The van der Waals surface area contributed by atoms with Crippen molar-refractivity contribution in [1.82, 2.24) is 9.80 Å². The molecule has 6 heteroatoms. The summed E-state index contributed by atoms with van der Waals surface area (Å²) in [6, 6.07) is 14.2. The van der Waals surface area contributed by atoms with Gasteiger partial charge in [0, 0.05) is 55.9 Å². The molecule has 2 fully saturated rings. The summed E-state index contributed by atoms with van der Waals surface area (Å²) in [5, 5.41) is 10.8. The average Bonchev–Trinajstić information content (AvgIpc) is 2.76. The first-order valence-electron chi connectivity index (χ1n) is 10.5. The van der Waals surface area contributed by atoms with Gasteiger partial charge in [0.05, 0.1) is 12.8 Å². The maximum Gasteiger partial charge on any atom is 0.142 e. The van der Waals surface area contributed by atoms with E-state index in [-0.39, 0.29) is 0 Å². The van der Waals surface area contributed by atoms with Gasteiger partial charge in [-0.2, -0.15) is 0 Å². The number of phenolic OH excluding ortho intramolecular Hbond substituents is 1. The minimum absolute atomic E-state index is 0.335. The molecule has 0 aliphatic carbocycles. The topological polar surface area (TPSA) is 39.2 Å². The zero-order valence-electron chi connectivity index (χ0n) is 17.1. The number of phenols is 1. The molecule has 2 aromatic rings. The minimum Gasteiger partial charge on any atom is -0.508 e. The lowest BCUT2D eigenvalue weighted by Gasteiger charge is -2.44. The predicted octanol–water partition coefficient (Wildman–Crippen LogP) is 3.84. The van der Waals surface area contributed by atoms with Crippen LogP contribution in [0, 0.1) is 0 Å². The number of halogens is 1. The lowest BCUT2D eigenvalue weighted by atomic mass is 10.0. The molecule has 0 radical (unpaired) electrons. The summed E-state index contributed by atoms with van der Waals surface area (Å²) in [5.41, 5.74) is 2.11. The highest BCUT2D eigenvalue weighted by Gasteiger charge is 2.29. The molecule has 2 aliphatic heterocycles. The van der Waals surface area contributed by atoms with Crippen molar-refractivity contribution in [1.29, 1.82) is 0 Å². The molecule has 0 saturated carbocycles. The van der Waals surface area contributed by atoms with E-state index in [2.05, 4.69) is 26.8 Å². The van der Waals surface area contributed by atoms with E-state index in [1.54, 1.807) is 19.2 Å². The molecule has 2 aliphatic rings. The average molecular weight is 416 g/mol. The number of aromatic hydroxyl groups is 1. The SMILES string of the molecule is COc1ccccc1N1CCN(C2CCCN(Cc3cc(Cl)ccc3O)C2)CC1. The number of methoxy groups -OCH3 is 1. The summed E-state index contributed by atoms with van der Waals surface area (Å²) in [6.45, 7) is 7.05. The molecule has 2 aromatic carbocycles. The lowest BCUT2D eigenvalue weighted by Crippen LogP contribution is -2.55. The van der Waals surface area contributed by atoms with Gasteiger partial charge in [0.2, 0.25) is 0 Å². The second-order valence-corrected chi connectivity index (χ2v) is 8.44. The smallest absolute Gasteiger partial charge is 0.142 e. The fourth-order valence-corrected chi connectivity index (χ4v) is 4.81. The van der Waals surface area contributed by atoms with Gasteiger partial charge in [-0.05, 0) is 49.7 Å². The summed E-state index contributed by atoms with van der Waals surface area (Å²) < 4.78 is 5.54. The van der Waals surface area contributed by atoms with Gasteiger partial charge >= 0.3 is 0 Å². The number of anilines is 1. The van der Waals surface area contributed by atoms with Crippen LogP contribution in [0.4, 0.5) is 5.69 Å². The van der Waals surface area contributed by atoms with Crippen molar-refractivity contribution in [2.75, 3.05) is 51.3 Å². The third kappa shape index (κ3) is 4.80. The molecule has 0 spiro atoms. The Balaban J connectivity index is 1.34. The van der Waals surface area contributed by atoms with Gasteiger partial charge < -0.3 is 14.7 Å². The van der Waals surface area contributed by atoms with Crippen LogP contribution in [0.3, 0.4) is 0 Å². The van der Waals surface area contributed by atoms with Crippen LogP contribution >= 0.6 is 11.6 Å². The number of nitrogens with zero attached hydrogens (tertiary/aromatic N) is 3. The number of ether oxygens (including phenoxy) is 1. The van der Waals surface area contributed by atoms with Crippen LogP contribution in [0.15, 0.2) is 42.5 Å². The minimum atomic E-state index is 0.335. The van der Waals surface area contributed by atoms with E-state index in [1.165, 1.54) is 18.5 Å². The molecule has 0 aromatic heterocycles. The van der Waals surface area contributed by atoms with Crippen molar-refractivity contribution >= 4 is 17.3 Å². The molecule has 2 saturated heterocycles. The molecule has 1 unspecified atom stereocenters. The molecule has 1 N–H and O–H groups in total. The summed E-state index contributed by atoms with van der Waals surface area (Å²) in [6.07, 6.45) is 2.44. The molecule has 156 valence electrons. The van der Waals surface area contributed by atoms with E-state index >= 15 is 0 Å². The Kier molecular flexibility index (Phi) is 6.48. The second kappa shape index (κ2) is 9.24. The van der Waals surface area contributed by atoms with Gasteiger partial charge in [0.15, 0.2) is 0 Å².